The van der Waals surface area contributed by atoms with Gasteiger partial charge in [0.05, 0.1) is 10.6 Å². The molecule has 2 N–H and O–H groups in total. The van der Waals surface area contributed by atoms with E-state index in [1.807, 2.05) is 0 Å². The highest BCUT2D eigenvalue weighted by Crippen LogP contribution is 2.30. The molecule has 0 saturated carbocycles. The molecule has 0 bridgehead atoms. The van der Waals surface area contributed by atoms with E-state index >= 15 is 0 Å². The third-order valence-electron chi connectivity index (χ3n) is 4.52. The number of sulfone groups is 1. The fourth-order valence-corrected chi connectivity index (χ4v) is 4.67. The molecule has 2 aliphatic heterocycles. The monoisotopic (exact) mass is 324 g/mol. The fraction of sp³-hybridized carbons (Fsp3) is 0.533. The molecule has 1 aromatic rings. The second-order valence-corrected chi connectivity index (χ2v) is 7.87. The molecular weight excluding hydrogens is 304 g/mol. The maximum Gasteiger partial charge on any atom is 0.256 e. The molecule has 0 aliphatic carbocycles. The average molecular weight is 324 g/mol. The smallest absolute Gasteiger partial charge is 0.256 e. The summed E-state index contributed by atoms with van der Waals surface area (Å²) in [5.74, 6) is -0.0696. The third kappa shape index (κ3) is 2.64. The fourth-order valence-electron chi connectivity index (χ4n) is 3.08. The number of benzene rings is 1. The first kappa shape index (κ1) is 15.5. The lowest BCUT2D eigenvalue weighted by atomic mass is 9.91. The first-order valence-electron chi connectivity index (χ1n) is 7.40. The van der Waals surface area contributed by atoms with Gasteiger partial charge in [-0.3, -0.25) is 4.79 Å². The average Bonchev–Trinajstić information content (AvgIpc) is 2.83. The maximum atomic E-state index is 12.6. The predicted octanol–water partition coefficient (Wildman–Crippen LogP) is 0.724. The van der Waals surface area contributed by atoms with E-state index in [2.05, 4.69) is 10.6 Å². The van der Waals surface area contributed by atoms with E-state index in [9.17, 15) is 13.2 Å². The van der Waals surface area contributed by atoms with Gasteiger partial charge in [-0.15, -0.1) is 0 Å². The zero-order valence-corrected chi connectivity index (χ0v) is 13.3. The van der Waals surface area contributed by atoms with Gasteiger partial charge >= 0.3 is 0 Å². The highest BCUT2D eigenvalue weighted by atomic mass is 32.2. The van der Waals surface area contributed by atoms with Gasteiger partial charge in [-0.05, 0) is 50.0 Å². The SMILES string of the molecule is COC1(C(=O)Nc2ccc3c(c2)S(=O)(=O)CC3)CCNCC1. The molecular formula is C15H20N2O4S. The van der Waals surface area contributed by atoms with Gasteiger partial charge in [0.1, 0.15) is 5.60 Å². The van der Waals surface area contributed by atoms with Crippen molar-refractivity contribution in [1.82, 2.24) is 5.32 Å². The molecule has 0 radical (unpaired) electrons. The van der Waals surface area contributed by atoms with Crippen molar-refractivity contribution in [2.75, 3.05) is 31.3 Å². The number of carbonyl (C=O) groups is 1. The molecule has 1 saturated heterocycles. The Morgan fingerprint density at radius 3 is 2.73 bits per heavy atom. The first-order valence-corrected chi connectivity index (χ1v) is 9.05. The van der Waals surface area contributed by atoms with Gasteiger partial charge in [-0.2, -0.15) is 0 Å². The Morgan fingerprint density at radius 1 is 1.32 bits per heavy atom. The van der Waals surface area contributed by atoms with Crippen LogP contribution in [0.25, 0.3) is 0 Å². The number of amides is 1. The van der Waals surface area contributed by atoms with E-state index in [4.69, 9.17) is 4.74 Å². The molecule has 6 nitrogen and oxygen atoms in total. The molecule has 0 spiro atoms. The molecule has 1 amide bonds. The highest BCUT2D eigenvalue weighted by Gasteiger charge is 2.40. The third-order valence-corrected chi connectivity index (χ3v) is 6.31. The zero-order chi connectivity index (χ0) is 15.8. The largest absolute Gasteiger partial charge is 0.368 e. The Bertz CT molecular complexity index is 693. The minimum Gasteiger partial charge on any atom is -0.368 e. The van der Waals surface area contributed by atoms with E-state index in [0.29, 0.717) is 29.8 Å². The van der Waals surface area contributed by atoms with Crippen molar-refractivity contribution in [2.45, 2.75) is 29.8 Å². The van der Waals surface area contributed by atoms with Gasteiger partial charge in [-0.25, -0.2) is 8.42 Å². The summed E-state index contributed by atoms with van der Waals surface area (Å²) >= 11 is 0. The number of carbonyl (C=O) groups excluding carboxylic acids is 1. The van der Waals surface area contributed by atoms with Gasteiger partial charge < -0.3 is 15.4 Å². The number of fused-ring (bicyclic) bond motifs is 1. The summed E-state index contributed by atoms with van der Waals surface area (Å²) in [7, 11) is -1.66. The van der Waals surface area contributed by atoms with Gasteiger partial charge in [0.2, 0.25) is 0 Å². The molecule has 1 fully saturated rings. The minimum atomic E-state index is -3.20. The molecule has 0 atom stereocenters. The summed E-state index contributed by atoms with van der Waals surface area (Å²) in [6.07, 6.45) is 1.73. The molecule has 120 valence electrons. The van der Waals surface area contributed by atoms with Crippen molar-refractivity contribution in [3.63, 3.8) is 0 Å². The summed E-state index contributed by atoms with van der Waals surface area (Å²) in [6.45, 7) is 1.44. The van der Waals surface area contributed by atoms with Crippen LogP contribution in [0.1, 0.15) is 18.4 Å². The van der Waals surface area contributed by atoms with Crippen molar-refractivity contribution in [2.24, 2.45) is 0 Å². The Morgan fingerprint density at radius 2 is 2.05 bits per heavy atom. The molecule has 2 aliphatic rings. The van der Waals surface area contributed by atoms with Gasteiger partial charge in [-0.1, -0.05) is 6.07 Å². The number of anilines is 1. The molecule has 22 heavy (non-hydrogen) atoms. The number of aryl methyl sites for hydroxylation is 1. The van der Waals surface area contributed by atoms with Crippen LogP contribution >= 0.6 is 0 Å². The number of rotatable bonds is 3. The zero-order valence-electron chi connectivity index (χ0n) is 12.5. The Balaban J connectivity index is 1.83. The summed E-state index contributed by atoms with van der Waals surface area (Å²) < 4.78 is 29.4. The molecule has 2 heterocycles. The summed E-state index contributed by atoms with van der Waals surface area (Å²) in [5.41, 5.74) is 0.480. The quantitative estimate of drug-likeness (QED) is 0.856. The summed E-state index contributed by atoms with van der Waals surface area (Å²) in [5, 5.41) is 6.01. The number of ether oxygens (including phenoxy) is 1. The number of hydrogen-bond acceptors (Lipinski definition) is 5. The van der Waals surface area contributed by atoms with Crippen LogP contribution in [0.5, 0.6) is 0 Å². The van der Waals surface area contributed by atoms with Crippen LogP contribution in [0.2, 0.25) is 0 Å². The van der Waals surface area contributed by atoms with E-state index in [-0.39, 0.29) is 11.7 Å². The molecule has 7 heteroatoms. The van der Waals surface area contributed by atoms with E-state index < -0.39 is 15.4 Å². The van der Waals surface area contributed by atoms with E-state index in [1.54, 1.807) is 18.2 Å². The molecule has 0 aromatic heterocycles. The lowest BCUT2D eigenvalue weighted by Crippen LogP contribution is -2.51. The molecule has 1 aromatic carbocycles. The van der Waals surface area contributed by atoms with Crippen LogP contribution in [0.15, 0.2) is 23.1 Å². The summed E-state index contributed by atoms with van der Waals surface area (Å²) in [6, 6.07) is 5.08. The maximum absolute atomic E-state index is 12.6. The Kier molecular flexibility index (Phi) is 3.96. The van der Waals surface area contributed by atoms with Crippen LogP contribution in [-0.2, 0) is 25.8 Å². The van der Waals surface area contributed by atoms with Crippen LogP contribution in [0.3, 0.4) is 0 Å². The van der Waals surface area contributed by atoms with Crippen molar-refractivity contribution in [3.05, 3.63) is 23.8 Å². The second-order valence-electron chi connectivity index (χ2n) is 5.79. The number of piperidine rings is 1. The molecule has 3 rings (SSSR count). The number of methoxy groups -OCH3 is 1. The minimum absolute atomic E-state index is 0.146. The van der Waals surface area contributed by atoms with Crippen LogP contribution < -0.4 is 10.6 Å². The number of nitrogens with one attached hydrogen (secondary N) is 2. The van der Waals surface area contributed by atoms with Crippen molar-refractivity contribution in [3.8, 4) is 0 Å². The Labute approximate surface area is 130 Å². The lowest BCUT2D eigenvalue weighted by Gasteiger charge is -2.34. The Hall–Kier alpha value is -1.44. The van der Waals surface area contributed by atoms with E-state index in [1.165, 1.54) is 7.11 Å². The standard InChI is InChI=1S/C15H20N2O4S/c1-21-15(5-7-16-8-6-15)14(18)17-12-3-2-11-4-9-22(19,20)13(11)10-12/h2-3,10,16H,4-9H2,1H3,(H,17,18). The lowest BCUT2D eigenvalue weighted by molar-refractivity contribution is -0.140. The topological polar surface area (TPSA) is 84.5 Å². The predicted molar refractivity (Wildman–Crippen MR) is 82.7 cm³/mol. The normalized spacial score (nSPS) is 22.0. The molecule has 0 unspecified atom stereocenters. The summed E-state index contributed by atoms with van der Waals surface area (Å²) in [4.78, 5) is 12.9. The van der Waals surface area contributed by atoms with Crippen molar-refractivity contribution >= 4 is 21.4 Å². The second kappa shape index (κ2) is 5.64. The van der Waals surface area contributed by atoms with E-state index in [0.717, 1.165) is 18.7 Å². The number of hydrogen-bond donors (Lipinski definition) is 2. The van der Waals surface area contributed by atoms with Gasteiger partial charge in [0.15, 0.2) is 9.84 Å². The van der Waals surface area contributed by atoms with Crippen LogP contribution in [-0.4, -0.2) is 45.9 Å². The van der Waals surface area contributed by atoms with Crippen molar-refractivity contribution < 1.29 is 17.9 Å². The van der Waals surface area contributed by atoms with Crippen LogP contribution in [0, 0.1) is 0 Å². The van der Waals surface area contributed by atoms with Gasteiger partial charge in [0, 0.05) is 12.8 Å². The first-order chi connectivity index (χ1) is 10.5. The van der Waals surface area contributed by atoms with Crippen molar-refractivity contribution in [1.29, 1.82) is 0 Å². The van der Waals surface area contributed by atoms with Crippen LogP contribution in [0.4, 0.5) is 5.69 Å². The van der Waals surface area contributed by atoms with Gasteiger partial charge in [0.25, 0.3) is 5.91 Å². The highest BCUT2D eigenvalue weighted by molar-refractivity contribution is 7.91.